The van der Waals surface area contributed by atoms with Gasteiger partial charge in [-0.15, -0.1) is 0 Å². The highest BCUT2D eigenvalue weighted by Gasteiger charge is 2.25. The zero-order valence-electron chi connectivity index (χ0n) is 12.1. The minimum atomic E-state index is 0.185. The molecule has 1 rings (SSSR count). The number of methoxy groups -OCH3 is 1. The third-order valence-electron chi connectivity index (χ3n) is 3.23. The molecule has 0 spiro atoms. The van der Waals surface area contributed by atoms with Gasteiger partial charge in [-0.2, -0.15) is 0 Å². The Morgan fingerprint density at radius 2 is 2.11 bits per heavy atom. The van der Waals surface area contributed by atoms with Crippen LogP contribution in [0.4, 0.5) is 0 Å². The van der Waals surface area contributed by atoms with Crippen LogP contribution >= 0.6 is 0 Å². The topological polar surface area (TPSA) is 39.1 Å². The fraction of sp³-hybridized carbons (Fsp3) is 0.786. The van der Waals surface area contributed by atoms with E-state index < -0.39 is 0 Å². The predicted octanol–water partition coefficient (Wildman–Crippen LogP) is 2.76. The number of hydrogen-bond acceptors (Lipinski definition) is 3. The van der Waals surface area contributed by atoms with Gasteiger partial charge in [-0.1, -0.05) is 20.3 Å². The van der Waals surface area contributed by atoms with Crippen molar-refractivity contribution in [2.24, 2.45) is 0 Å². The van der Waals surface area contributed by atoms with Crippen LogP contribution in [0.2, 0.25) is 0 Å². The molecule has 0 aliphatic carbocycles. The quantitative estimate of drug-likeness (QED) is 0.735. The van der Waals surface area contributed by atoms with Crippen molar-refractivity contribution in [1.82, 2.24) is 14.9 Å². The summed E-state index contributed by atoms with van der Waals surface area (Å²) in [5.74, 6) is 1.09. The van der Waals surface area contributed by atoms with Crippen molar-refractivity contribution >= 4 is 0 Å². The number of nitrogens with one attached hydrogen (secondary N) is 1. The van der Waals surface area contributed by atoms with Crippen LogP contribution in [0.15, 0.2) is 12.4 Å². The summed E-state index contributed by atoms with van der Waals surface area (Å²) in [7, 11) is 1.79. The van der Waals surface area contributed by atoms with E-state index in [9.17, 15) is 0 Å². The summed E-state index contributed by atoms with van der Waals surface area (Å²) in [5, 5.41) is 3.57. The number of rotatable bonds is 9. The van der Waals surface area contributed by atoms with E-state index in [4.69, 9.17) is 4.74 Å². The normalized spacial score (nSPS) is 14.7. The van der Waals surface area contributed by atoms with Crippen molar-refractivity contribution in [3.63, 3.8) is 0 Å². The van der Waals surface area contributed by atoms with Crippen molar-refractivity contribution in [1.29, 1.82) is 0 Å². The summed E-state index contributed by atoms with van der Waals surface area (Å²) in [6, 6.07) is 0.185. The Morgan fingerprint density at radius 3 is 2.67 bits per heavy atom. The zero-order chi connectivity index (χ0) is 13.4. The Morgan fingerprint density at radius 1 is 1.33 bits per heavy atom. The molecule has 104 valence electrons. The van der Waals surface area contributed by atoms with E-state index >= 15 is 0 Å². The molecular weight excluding hydrogens is 226 g/mol. The summed E-state index contributed by atoms with van der Waals surface area (Å²) < 4.78 is 7.85. The van der Waals surface area contributed by atoms with Crippen LogP contribution in [-0.4, -0.2) is 29.3 Å². The lowest BCUT2D eigenvalue weighted by atomic mass is 10.0. The van der Waals surface area contributed by atoms with Crippen LogP contribution in [0.3, 0.4) is 0 Å². The van der Waals surface area contributed by atoms with Crippen molar-refractivity contribution in [3.05, 3.63) is 18.2 Å². The number of imidazole rings is 1. The molecule has 1 aromatic rings. The lowest BCUT2D eigenvalue weighted by Crippen LogP contribution is -2.35. The summed E-state index contributed by atoms with van der Waals surface area (Å²) in [6.45, 7) is 8.45. The monoisotopic (exact) mass is 253 g/mol. The standard InChI is InChI=1S/C14H27N3O/c1-5-8-12(18-4)13(15-9-6-2)14-16-10-11-17(14)7-3/h10-13,15H,5-9H2,1-4H3. The highest BCUT2D eigenvalue weighted by Crippen LogP contribution is 2.21. The molecule has 0 aromatic carbocycles. The Labute approximate surface area is 111 Å². The fourth-order valence-electron chi connectivity index (χ4n) is 2.26. The molecule has 1 aromatic heterocycles. The van der Waals surface area contributed by atoms with Gasteiger partial charge in [0.2, 0.25) is 0 Å². The SMILES string of the molecule is CCCNC(c1nccn1CC)C(CCC)OC. The van der Waals surface area contributed by atoms with Gasteiger partial charge < -0.3 is 14.6 Å². The molecule has 0 saturated heterocycles. The van der Waals surface area contributed by atoms with Gasteiger partial charge in [0.1, 0.15) is 5.82 Å². The van der Waals surface area contributed by atoms with Crippen LogP contribution in [-0.2, 0) is 11.3 Å². The second-order valence-electron chi connectivity index (χ2n) is 4.57. The number of nitrogens with zero attached hydrogens (tertiary/aromatic N) is 2. The third kappa shape index (κ3) is 3.82. The Balaban J connectivity index is 2.88. The number of hydrogen-bond donors (Lipinski definition) is 1. The molecule has 0 radical (unpaired) electrons. The van der Waals surface area contributed by atoms with Gasteiger partial charge in [0.15, 0.2) is 0 Å². The average molecular weight is 253 g/mol. The van der Waals surface area contributed by atoms with Gasteiger partial charge in [-0.25, -0.2) is 4.98 Å². The van der Waals surface area contributed by atoms with Crippen LogP contribution in [0.1, 0.15) is 51.9 Å². The van der Waals surface area contributed by atoms with Crippen LogP contribution in [0.25, 0.3) is 0 Å². The Kier molecular flexibility index (Phi) is 6.98. The summed E-state index contributed by atoms with van der Waals surface area (Å²) in [5.41, 5.74) is 0. The first-order valence-electron chi connectivity index (χ1n) is 7.05. The van der Waals surface area contributed by atoms with Crippen molar-refractivity contribution in [2.75, 3.05) is 13.7 Å². The molecule has 0 amide bonds. The molecule has 2 unspecified atom stereocenters. The predicted molar refractivity (Wildman–Crippen MR) is 74.6 cm³/mol. The van der Waals surface area contributed by atoms with E-state index in [1.165, 1.54) is 0 Å². The van der Waals surface area contributed by atoms with Crippen molar-refractivity contribution in [3.8, 4) is 0 Å². The maximum Gasteiger partial charge on any atom is 0.128 e. The second-order valence-corrected chi connectivity index (χ2v) is 4.57. The molecule has 4 heteroatoms. The maximum absolute atomic E-state index is 5.66. The smallest absolute Gasteiger partial charge is 0.128 e. The van der Waals surface area contributed by atoms with Crippen LogP contribution in [0.5, 0.6) is 0 Å². The van der Waals surface area contributed by atoms with E-state index in [0.717, 1.165) is 38.2 Å². The van der Waals surface area contributed by atoms with Crippen LogP contribution in [0, 0.1) is 0 Å². The van der Waals surface area contributed by atoms with Gasteiger partial charge >= 0.3 is 0 Å². The van der Waals surface area contributed by atoms with Gasteiger partial charge in [0, 0.05) is 26.0 Å². The number of aromatic nitrogens is 2. The average Bonchev–Trinajstić information content (AvgIpc) is 2.86. The minimum Gasteiger partial charge on any atom is -0.379 e. The first-order chi connectivity index (χ1) is 8.78. The van der Waals surface area contributed by atoms with Gasteiger partial charge in [0.05, 0.1) is 12.1 Å². The van der Waals surface area contributed by atoms with Crippen molar-refractivity contribution in [2.45, 2.75) is 58.7 Å². The highest BCUT2D eigenvalue weighted by atomic mass is 16.5. The molecule has 0 aliphatic heterocycles. The summed E-state index contributed by atoms with van der Waals surface area (Å²) in [4.78, 5) is 4.51. The molecule has 1 heterocycles. The van der Waals surface area contributed by atoms with Crippen LogP contribution < -0.4 is 5.32 Å². The number of aryl methyl sites for hydroxylation is 1. The van der Waals surface area contributed by atoms with E-state index in [1.54, 1.807) is 7.11 Å². The first-order valence-corrected chi connectivity index (χ1v) is 7.05. The molecule has 18 heavy (non-hydrogen) atoms. The van der Waals surface area contributed by atoms with Crippen molar-refractivity contribution < 1.29 is 4.74 Å². The zero-order valence-corrected chi connectivity index (χ0v) is 12.1. The van der Waals surface area contributed by atoms with Gasteiger partial charge in [-0.05, 0) is 26.3 Å². The summed E-state index contributed by atoms with van der Waals surface area (Å²) >= 11 is 0. The molecule has 2 atom stereocenters. The Hall–Kier alpha value is -0.870. The molecular formula is C14H27N3O. The molecule has 0 fully saturated rings. The minimum absolute atomic E-state index is 0.185. The molecule has 1 N–H and O–H groups in total. The lowest BCUT2D eigenvalue weighted by molar-refractivity contribution is 0.0568. The summed E-state index contributed by atoms with van der Waals surface area (Å²) in [6.07, 6.45) is 7.39. The molecule has 0 bridgehead atoms. The first kappa shape index (κ1) is 15.2. The van der Waals surface area contributed by atoms with E-state index in [2.05, 4.69) is 35.6 Å². The fourth-order valence-corrected chi connectivity index (χ4v) is 2.26. The van der Waals surface area contributed by atoms with Gasteiger partial charge in [0.25, 0.3) is 0 Å². The molecule has 4 nitrogen and oxygen atoms in total. The highest BCUT2D eigenvalue weighted by molar-refractivity contribution is 5.02. The largest absolute Gasteiger partial charge is 0.379 e. The lowest BCUT2D eigenvalue weighted by Gasteiger charge is -2.27. The molecule has 0 saturated carbocycles. The second kappa shape index (κ2) is 8.27. The van der Waals surface area contributed by atoms with Gasteiger partial charge in [-0.3, -0.25) is 0 Å². The Bertz CT molecular complexity index is 325. The number of ether oxygens (including phenoxy) is 1. The molecule has 0 aliphatic rings. The van der Waals surface area contributed by atoms with E-state index in [1.807, 2.05) is 12.4 Å². The maximum atomic E-state index is 5.66. The van der Waals surface area contributed by atoms with E-state index in [-0.39, 0.29) is 12.1 Å². The van der Waals surface area contributed by atoms with E-state index in [0.29, 0.717) is 0 Å². The third-order valence-corrected chi connectivity index (χ3v) is 3.23.